The van der Waals surface area contributed by atoms with Crippen molar-refractivity contribution in [3.8, 4) is 0 Å². The van der Waals surface area contributed by atoms with Gasteiger partial charge in [-0.15, -0.1) is 23.1 Å². The van der Waals surface area contributed by atoms with Crippen LogP contribution in [0.2, 0.25) is 0 Å². The average Bonchev–Trinajstić information content (AvgIpc) is 3.25. The lowest BCUT2D eigenvalue weighted by Gasteiger charge is -2.47. The minimum atomic E-state index is -0.994. The number of ether oxygens (including phenoxy) is 2. The largest absolute Gasteiger partial charge is 0.425 e. The number of carbonyl (C=O) groups excluding carboxylic acids is 4. The zero-order valence-electron chi connectivity index (χ0n) is 18.1. The molecule has 14 heteroatoms. The fourth-order valence-corrected chi connectivity index (χ4v) is 4.74. The number of nitrogens with zero attached hydrogens (tertiary/aromatic N) is 3. The molecule has 12 nitrogen and oxygen atoms in total. The van der Waals surface area contributed by atoms with Crippen molar-refractivity contribution < 1.29 is 33.5 Å². The van der Waals surface area contributed by atoms with Crippen molar-refractivity contribution >= 4 is 57.7 Å². The second-order valence-corrected chi connectivity index (χ2v) is 8.83. The first-order valence-electron chi connectivity index (χ1n) is 9.97. The molecule has 2 unspecified atom stereocenters. The normalized spacial score (nSPS) is 20.7. The number of thiazole rings is 1. The fraction of sp³-hybridized carbons (Fsp3) is 0.474. The van der Waals surface area contributed by atoms with Gasteiger partial charge in [-0.25, -0.2) is 9.78 Å². The minimum Gasteiger partial charge on any atom is -0.425 e. The van der Waals surface area contributed by atoms with E-state index in [1.165, 1.54) is 30.0 Å². The maximum atomic E-state index is 12.7. The van der Waals surface area contributed by atoms with E-state index in [1.807, 2.05) is 0 Å². The summed E-state index contributed by atoms with van der Waals surface area (Å²) in [5, 5.41) is 7.74. The number of thioether (sulfide) groups is 1. The predicted octanol–water partition coefficient (Wildman–Crippen LogP) is 0.592. The van der Waals surface area contributed by atoms with E-state index in [2.05, 4.69) is 15.5 Å². The number of hydrogen-bond acceptors (Lipinski definition) is 12. The minimum absolute atomic E-state index is 0.107. The van der Waals surface area contributed by atoms with Crippen molar-refractivity contribution in [1.82, 2.24) is 15.2 Å². The summed E-state index contributed by atoms with van der Waals surface area (Å²) in [4.78, 5) is 59.3. The molecule has 0 aromatic carbocycles. The summed E-state index contributed by atoms with van der Waals surface area (Å²) in [6.45, 7) is 3.35. The van der Waals surface area contributed by atoms with Crippen LogP contribution in [-0.4, -0.2) is 69.9 Å². The van der Waals surface area contributed by atoms with Crippen LogP contribution in [-0.2, 0) is 33.5 Å². The van der Waals surface area contributed by atoms with Crippen molar-refractivity contribution in [2.45, 2.75) is 44.4 Å². The van der Waals surface area contributed by atoms with E-state index in [1.54, 1.807) is 19.2 Å². The van der Waals surface area contributed by atoms with Gasteiger partial charge >= 0.3 is 11.9 Å². The number of nitrogens with one attached hydrogen (secondary N) is 1. The molecule has 0 spiro atoms. The molecule has 3 atom stereocenters. The van der Waals surface area contributed by atoms with Gasteiger partial charge in [0.1, 0.15) is 24.2 Å². The number of oxime groups is 1. The third-order valence-corrected chi connectivity index (χ3v) is 6.61. The number of carbonyl (C=O) groups is 4. The molecule has 2 aliphatic rings. The van der Waals surface area contributed by atoms with Crippen molar-refractivity contribution in [2.24, 2.45) is 5.16 Å². The van der Waals surface area contributed by atoms with Crippen LogP contribution >= 0.6 is 23.1 Å². The van der Waals surface area contributed by atoms with E-state index in [0.29, 0.717) is 6.42 Å². The molecule has 3 heterocycles. The van der Waals surface area contributed by atoms with Crippen LogP contribution in [0.1, 0.15) is 32.4 Å². The summed E-state index contributed by atoms with van der Waals surface area (Å²) in [5.41, 5.74) is 5.99. The van der Waals surface area contributed by atoms with Crippen molar-refractivity contribution in [3.63, 3.8) is 0 Å². The number of anilines is 1. The van der Waals surface area contributed by atoms with Crippen LogP contribution in [0.5, 0.6) is 0 Å². The Balaban J connectivity index is 1.62. The molecule has 0 aliphatic carbocycles. The van der Waals surface area contributed by atoms with E-state index < -0.39 is 41.5 Å². The summed E-state index contributed by atoms with van der Waals surface area (Å²) in [6.07, 6.45) is 0.864. The molecule has 1 aromatic rings. The van der Waals surface area contributed by atoms with E-state index in [0.717, 1.165) is 11.3 Å². The van der Waals surface area contributed by atoms with Crippen LogP contribution in [0.3, 0.4) is 0 Å². The number of amides is 2. The zero-order valence-corrected chi connectivity index (χ0v) is 19.7. The Morgan fingerprint density at radius 1 is 1.36 bits per heavy atom. The van der Waals surface area contributed by atoms with E-state index in [4.69, 9.17) is 20.0 Å². The van der Waals surface area contributed by atoms with E-state index >= 15 is 0 Å². The van der Waals surface area contributed by atoms with Gasteiger partial charge in [-0.05, 0) is 0 Å². The molecule has 3 N–H and O–H groups in total. The fourth-order valence-electron chi connectivity index (χ4n) is 2.94. The molecule has 33 heavy (non-hydrogen) atoms. The van der Waals surface area contributed by atoms with Gasteiger partial charge in [0.2, 0.25) is 6.29 Å². The highest BCUT2D eigenvalue weighted by Crippen LogP contribution is 2.36. The number of fused-ring (bicyclic) bond motifs is 1. The summed E-state index contributed by atoms with van der Waals surface area (Å²) in [7, 11) is 1.29. The number of nitrogens with two attached hydrogens (primary N) is 1. The second kappa shape index (κ2) is 10.7. The van der Waals surface area contributed by atoms with Gasteiger partial charge in [-0.1, -0.05) is 19.0 Å². The lowest BCUT2D eigenvalue weighted by molar-refractivity contribution is -0.185. The lowest BCUT2D eigenvalue weighted by Crippen LogP contribution is -2.69. The summed E-state index contributed by atoms with van der Waals surface area (Å²) in [6, 6.07) is -0.816. The maximum absolute atomic E-state index is 12.7. The smallest absolute Gasteiger partial charge is 0.339 e. The third kappa shape index (κ3) is 5.45. The van der Waals surface area contributed by atoms with Crippen molar-refractivity contribution in [1.29, 1.82) is 0 Å². The lowest BCUT2D eigenvalue weighted by atomic mass is 10.1. The van der Waals surface area contributed by atoms with Gasteiger partial charge in [0, 0.05) is 30.2 Å². The first-order chi connectivity index (χ1) is 15.8. The van der Waals surface area contributed by atoms with Crippen LogP contribution in [0.25, 0.3) is 0 Å². The van der Waals surface area contributed by atoms with Crippen LogP contribution in [0.15, 0.2) is 22.3 Å². The Morgan fingerprint density at radius 2 is 2.12 bits per heavy atom. The number of aromatic nitrogens is 1. The molecular formula is C19H23N5O7S2. The molecule has 2 amide bonds. The molecule has 0 radical (unpaired) electrons. The monoisotopic (exact) mass is 497 g/mol. The van der Waals surface area contributed by atoms with Gasteiger partial charge in [-0.2, -0.15) is 0 Å². The second-order valence-electron chi connectivity index (χ2n) is 6.83. The first-order valence-corrected chi connectivity index (χ1v) is 11.9. The van der Waals surface area contributed by atoms with Crippen molar-refractivity contribution in [3.05, 3.63) is 22.8 Å². The Kier molecular flexibility index (Phi) is 7.92. The third-order valence-electron chi connectivity index (χ3n) is 4.62. The highest BCUT2D eigenvalue weighted by atomic mass is 32.2. The topological polar surface area (TPSA) is 163 Å². The molecule has 2 aliphatic heterocycles. The van der Waals surface area contributed by atoms with Crippen LogP contribution in [0, 0.1) is 0 Å². The Hall–Kier alpha value is -3.13. The van der Waals surface area contributed by atoms with E-state index in [-0.39, 0.29) is 34.3 Å². The molecule has 1 saturated heterocycles. The molecule has 1 aromatic heterocycles. The standard InChI is InChI=1S/C19H23N5O7S2/c1-4-11(25)30-12(5-2)31-18(28)9-6-24-16(27)14(17(24)32-7-9)22-15(26)13(23-29-3)10-8-33-19(20)21-10/h6,8,12,14,17H,4-5,7H2,1-3H3,(H2,20,21)(H,22,26)/t12?,14?,17-/m1/s1. The van der Waals surface area contributed by atoms with E-state index in [9.17, 15) is 19.2 Å². The Morgan fingerprint density at radius 3 is 2.73 bits per heavy atom. The summed E-state index contributed by atoms with van der Waals surface area (Å²) in [5.74, 6) is -1.94. The van der Waals surface area contributed by atoms with Crippen molar-refractivity contribution in [2.75, 3.05) is 18.6 Å². The van der Waals surface area contributed by atoms with Gasteiger partial charge < -0.3 is 30.3 Å². The maximum Gasteiger partial charge on any atom is 0.339 e. The SMILES string of the molecule is CCC(=O)OC(CC)OC(=O)C1=CN2C(=O)C(NC(=O)C(=NOC)c3csc(N)n3)[C@H]2SC1. The Labute approximate surface area is 197 Å². The molecule has 178 valence electrons. The van der Waals surface area contributed by atoms with Crippen LogP contribution < -0.4 is 11.1 Å². The summed E-state index contributed by atoms with van der Waals surface area (Å²) >= 11 is 2.43. The van der Waals surface area contributed by atoms with Gasteiger partial charge in [0.15, 0.2) is 10.8 Å². The van der Waals surface area contributed by atoms with Gasteiger partial charge in [0.05, 0.1) is 5.57 Å². The average molecular weight is 498 g/mol. The molecule has 0 saturated carbocycles. The Bertz CT molecular complexity index is 1010. The number of β-lactam (4-membered cyclic amide) rings is 1. The number of nitrogen functional groups attached to an aromatic ring is 1. The summed E-state index contributed by atoms with van der Waals surface area (Å²) < 4.78 is 10.3. The molecule has 0 bridgehead atoms. The molecule has 3 rings (SSSR count). The first kappa shape index (κ1) is 24.5. The van der Waals surface area contributed by atoms with Crippen LogP contribution in [0.4, 0.5) is 5.13 Å². The highest BCUT2D eigenvalue weighted by Gasteiger charge is 2.50. The predicted molar refractivity (Wildman–Crippen MR) is 120 cm³/mol. The molecule has 1 fully saturated rings. The molecular weight excluding hydrogens is 474 g/mol. The highest BCUT2D eigenvalue weighted by molar-refractivity contribution is 8.00. The number of rotatable bonds is 9. The zero-order chi connectivity index (χ0) is 24.1. The number of hydrogen-bond donors (Lipinski definition) is 2. The van der Waals surface area contributed by atoms with Gasteiger partial charge in [0.25, 0.3) is 11.8 Å². The number of esters is 2. The van der Waals surface area contributed by atoms with Gasteiger partial charge in [-0.3, -0.25) is 14.4 Å². The quantitative estimate of drug-likeness (QED) is 0.162.